The Labute approximate surface area is 218 Å². The summed E-state index contributed by atoms with van der Waals surface area (Å²) in [5, 5.41) is 15.2. The molecule has 1 fully saturated rings. The highest BCUT2D eigenvalue weighted by Gasteiger charge is 2.37. The van der Waals surface area contributed by atoms with Crippen LogP contribution in [0.3, 0.4) is 0 Å². The van der Waals surface area contributed by atoms with Gasteiger partial charge in [-0.15, -0.1) is 0 Å². The maximum Gasteiger partial charge on any atom is 0.252 e. The molecule has 194 valence electrons. The van der Waals surface area contributed by atoms with Gasteiger partial charge in [0.25, 0.3) is 5.56 Å². The number of hydrogen-bond donors (Lipinski definition) is 0. The fraction of sp³-hybridized carbons (Fsp3) is 0.483. The van der Waals surface area contributed by atoms with E-state index < -0.39 is 0 Å². The Morgan fingerprint density at radius 3 is 2.54 bits per heavy atom. The topological polar surface area (TPSA) is 75.0 Å². The van der Waals surface area contributed by atoms with Gasteiger partial charge < -0.3 is 14.0 Å². The molecule has 37 heavy (non-hydrogen) atoms. The van der Waals surface area contributed by atoms with Gasteiger partial charge in [0.05, 0.1) is 23.5 Å². The predicted molar refractivity (Wildman–Crippen MR) is 149 cm³/mol. The van der Waals surface area contributed by atoms with Crippen LogP contribution in [0.5, 0.6) is 0 Å². The summed E-state index contributed by atoms with van der Waals surface area (Å²) in [5.74, 6) is 0. The molecule has 4 aromatic rings. The van der Waals surface area contributed by atoms with Gasteiger partial charge in [-0.25, -0.2) is 0 Å². The number of hydrogen-bond acceptors (Lipinski definition) is 5. The van der Waals surface area contributed by atoms with Gasteiger partial charge in [-0.05, 0) is 44.2 Å². The molecule has 1 saturated heterocycles. The SMILES string of the molecule is CC[C@H]1CN(C(C)c2cc3ccccc3n2CC)[C@H](CC)CN1c1cc(=O)n(C)c2cn(CC#N)nc12. The van der Waals surface area contributed by atoms with E-state index in [9.17, 15) is 10.1 Å². The first-order valence-electron chi connectivity index (χ1n) is 13.5. The van der Waals surface area contributed by atoms with Crippen molar-refractivity contribution < 1.29 is 0 Å². The van der Waals surface area contributed by atoms with Gasteiger partial charge in [-0.2, -0.15) is 10.4 Å². The van der Waals surface area contributed by atoms with Gasteiger partial charge >= 0.3 is 0 Å². The number of fused-ring (bicyclic) bond motifs is 2. The zero-order valence-electron chi connectivity index (χ0n) is 22.6. The number of nitriles is 1. The number of benzene rings is 1. The number of anilines is 1. The molecule has 0 N–H and O–H groups in total. The summed E-state index contributed by atoms with van der Waals surface area (Å²) in [6.07, 6.45) is 3.79. The summed E-state index contributed by atoms with van der Waals surface area (Å²) < 4.78 is 5.71. The zero-order valence-corrected chi connectivity index (χ0v) is 22.6. The molecule has 0 radical (unpaired) electrons. The van der Waals surface area contributed by atoms with E-state index >= 15 is 0 Å². The van der Waals surface area contributed by atoms with Gasteiger partial charge in [-0.3, -0.25) is 14.4 Å². The second-order valence-corrected chi connectivity index (χ2v) is 10.2. The van der Waals surface area contributed by atoms with E-state index in [1.165, 1.54) is 16.6 Å². The third kappa shape index (κ3) is 4.21. The molecular formula is C29H37N7O. The lowest BCUT2D eigenvalue weighted by Crippen LogP contribution is -2.59. The Kier molecular flexibility index (Phi) is 6.82. The maximum atomic E-state index is 12.9. The Morgan fingerprint density at radius 2 is 1.84 bits per heavy atom. The maximum absolute atomic E-state index is 12.9. The molecular weight excluding hydrogens is 462 g/mol. The van der Waals surface area contributed by atoms with Gasteiger partial charge in [0.15, 0.2) is 0 Å². The molecule has 0 bridgehead atoms. The molecule has 1 aliphatic rings. The van der Waals surface area contributed by atoms with Crippen molar-refractivity contribution in [3.05, 3.63) is 58.6 Å². The van der Waals surface area contributed by atoms with Crippen LogP contribution in [0.1, 0.15) is 52.3 Å². The molecule has 1 aromatic carbocycles. The van der Waals surface area contributed by atoms with Crippen molar-refractivity contribution in [2.24, 2.45) is 7.05 Å². The summed E-state index contributed by atoms with van der Waals surface area (Å²) in [4.78, 5) is 18.0. The van der Waals surface area contributed by atoms with E-state index in [0.717, 1.165) is 49.2 Å². The highest BCUT2D eigenvalue weighted by molar-refractivity contribution is 5.88. The fourth-order valence-electron chi connectivity index (χ4n) is 6.17. The van der Waals surface area contributed by atoms with Crippen LogP contribution >= 0.6 is 0 Å². The molecule has 0 aliphatic carbocycles. The van der Waals surface area contributed by atoms with Crippen molar-refractivity contribution in [1.82, 2.24) is 23.8 Å². The first kappa shape index (κ1) is 25.1. The van der Waals surface area contributed by atoms with E-state index in [2.05, 4.69) is 78.5 Å². The van der Waals surface area contributed by atoms with Crippen LogP contribution in [0, 0.1) is 11.3 Å². The molecule has 0 spiro atoms. The van der Waals surface area contributed by atoms with Crippen molar-refractivity contribution in [3.63, 3.8) is 0 Å². The largest absolute Gasteiger partial charge is 0.364 e. The van der Waals surface area contributed by atoms with Gasteiger partial charge in [-0.1, -0.05) is 32.0 Å². The lowest BCUT2D eigenvalue weighted by atomic mass is 9.98. The van der Waals surface area contributed by atoms with Crippen molar-refractivity contribution in [2.75, 3.05) is 18.0 Å². The van der Waals surface area contributed by atoms with E-state index in [1.807, 2.05) is 6.20 Å². The standard InChI is InChI=1S/C29H37N7O/c1-6-22-18-36(26-16-28(37)32(5)27-19-33(14-13-30)31-29(26)27)23(7-2)17-35(22)20(4)25-15-21-11-9-10-12-24(21)34(25)8-3/h9-12,15-16,19-20,22-23H,6-8,14,17-18H2,1-5H3/t20?,22-,23+/m1/s1. The number of nitrogens with zero attached hydrogens (tertiary/aromatic N) is 7. The van der Waals surface area contributed by atoms with Crippen molar-refractivity contribution in [3.8, 4) is 6.07 Å². The summed E-state index contributed by atoms with van der Waals surface area (Å²) in [6, 6.07) is 15.7. The Balaban J connectivity index is 1.53. The van der Waals surface area contributed by atoms with Crippen LogP contribution < -0.4 is 10.5 Å². The highest BCUT2D eigenvalue weighted by atomic mass is 16.1. The number of aromatic nitrogens is 4. The molecule has 8 heteroatoms. The second-order valence-electron chi connectivity index (χ2n) is 10.2. The summed E-state index contributed by atoms with van der Waals surface area (Å²) >= 11 is 0. The molecule has 0 saturated carbocycles. The molecule has 3 aromatic heterocycles. The smallest absolute Gasteiger partial charge is 0.252 e. The monoisotopic (exact) mass is 499 g/mol. The number of aryl methyl sites for hydroxylation is 2. The summed E-state index contributed by atoms with van der Waals surface area (Å²) in [7, 11) is 1.77. The fourth-order valence-corrected chi connectivity index (χ4v) is 6.17. The highest BCUT2D eigenvalue weighted by Crippen LogP contribution is 2.36. The normalized spacial score (nSPS) is 19.5. The van der Waals surface area contributed by atoms with Crippen molar-refractivity contribution >= 4 is 27.6 Å². The van der Waals surface area contributed by atoms with Crippen molar-refractivity contribution in [1.29, 1.82) is 5.26 Å². The molecule has 4 heterocycles. The molecule has 3 atom stereocenters. The van der Waals surface area contributed by atoms with Crippen LogP contribution in [-0.2, 0) is 20.1 Å². The number of para-hydroxylation sites is 1. The predicted octanol–water partition coefficient (Wildman–Crippen LogP) is 4.67. The van der Waals surface area contributed by atoms with Crippen molar-refractivity contribution in [2.45, 2.75) is 71.8 Å². The number of pyridine rings is 1. The van der Waals surface area contributed by atoms with Crippen LogP contribution in [0.2, 0.25) is 0 Å². The molecule has 5 rings (SSSR count). The minimum atomic E-state index is -0.0508. The van der Waals surface area contributed by atoms with Crippen LogP contribution in [0.4, 0.5) is 5.69 Å². The first-order valence-corrected chi connectivity index (χ1v) is 13.5. The van der Waals surface area contributed by atoms with Crippen LogP contribution in [0.25, 0.3) is 21.9 Å². The zero-order chi connectivity index (χ0) is 26.3. The third-order valence-corrected chi connectivity index (χ3v) is 8.24. The van der Waals surface area contributed by atoms with Crippen LogP contribution in [0.15, 0.2) is 47.4 Å². The van der Waals surface area contributed by atoms with E-state index in [1.54, 1.807) is 22.4 Å². The molecule has 1 aliphatic heterocycles. The lowest BCUT2D eigenvalue weighted by molar-refractivity contribution is 0.0976. The quantitative estimate of drug-likeness (QED) is 0.369. The molecule has 1 unspecified atom stereocenters. The minimum absolute atomic E-state index is 0.0508. The summed E-state index contributed by atoms with van der Waals surface area (Å²) in [5.41, 5.74) is 5.04. The summed E-state index contributed by atoms with van der Waals surface area (Å²) in [6.45, 7) is 11.9. The molecule has 0 amide bonds. The van der Waals surface area contributed by atoms with Crippen LogP contribution in [-0.4, -0.2) is 49.0 Å². The number of rotatable bonds is 7. The number of piperazine rings is 1. The Bertz CT molecular complexity index is 1520. The average Bonchev–Trinajstić information content (AvgIpc) is 3.51. The van der Waals surface area contributed by atoms with Gasteiger partial charge in [0, 0.05) is 62.1 Å². The van der Waals surface area contributed by atoms with E-state index in [4.69, 9.17) is 5.10 Å². The Morgan fingerprint density at radius 1 is 1.08 bits per heavy atom. The lowest BCUT2D eigenvalue weighted by Gasteiger charge is -2.49. The van der Waals surface area contributed by atoms with E-state index in [-0.39, 0.29) is 24.2 Å². The average molecular weight is 500 g/mol. The Hall–Kier alpha value is -3.57. The molecule has 8 nitrogen and oxygen atoms in total. The van der Waals surface area contributed by atoms with Gasteiger partial charge in [0.2, 0.25) is 0 Å². The van der Waals surface area contributed by atoms with E-state index in [0.29, 0.717) is 6.04 Å². The minimum Gasteiger partial charge on any atom is -0.364 e. The second kappa shape index (κ2) is 10.1. The first-order chi connectivity index (χ1) is 17.9. The van der Waals surface area contributed by atoms with Gasteiger partial charge in [0.1, 0.15) is 12.1 Å². The third-order valence-electron chi connectivity index (χ3n) is 8.24.